The molecule has 0 radical (unpaired) electrons. The standard InChI is InChI=1S/C27H32ClFN2O3S/c1-17(27-13-19-8-20(14-27)10-21(9-19)15-27)30-26(32)22-11-25(24(29)12-23(22)28)35(33,34)31(2)16-18-6-4-3-5-7-18/h3-7,11-12,17,19-21H,8-10,13-16H2,1-2H3,(H,30,32). The number of carbonyl (C=O) groups is 1. The molecule has 188 valence electrons. The van der Waals surface area contributed by atoms with Crippen molar-refractivity contribution in [2.24, 2.45) is 23.2 Å². The topological polar surface area (TPSA) is 66.5 Å². The molecule has 2 aromatic carbocycles. The number of nitrogens with one attached hydrogen (secondary N) is 1. The summed E-state index contributed by atoms with van der Waals surface area (Å²) in [5.74, 6) is 0.798. The summed E-state index contributed by atoms with van der Waals surface area (Å²) in [6.07, 6.45) is 7.30. The van der Waals surface area contributed by atoms with Gasteiger partial charge in [0.2, 0.25) is 10.0 Å². The summed E-state index contributed by atoms with van der Waals surface area (Å²) in [5.41, 5.74) is 0.841. The third-order valence-corrected chi connectivity index (χ3v) is 10.7. The van der Waals surface area contributed by atoms with Crippen molar-refractivity contribution in [3.63, 3.8) is 0 Å². The Morgan fingerprint density at radius 2 is 1.69 bits per heavy atom. The fourth-order valence-electron chi connectivity index (χ4n) is 7.13. The van der Waals surface area contributed by atoms with Crippen LogP contribution in [0.25, 0.3) is 0 Å². The number of benzene rings is 2. The second-order valence-electron chi connectivity index (χ2n) is 11.0. The van der Waals surface area contributed by atoms with Gasteiger partial charge in [-0.1, -0.05) is 41.9 Å². The van der Waals surface area contributed by atoms with E-state index in [2.05, 4.69) is 5.32 Å². The van der Waals surface area contributed by atoms with Crippen molar-refractivity contribution in [2.45, 2.75) is 62.9 Å². The van der Waals surface area contributed by atoms with Crippen LogP contribution in [0.1, 0.15) is 61.4 Å². The molecule has 0 aromatic heterocycles. The van der Waals surface area contributed by atoms with E-state index in [1.165, 1.54) is 26.3 Å². The molecule has 1 amide bonds. The van der Waals surface area contributed by atoms with Crippen LogP contribution in [0.15, 0.2) is 47.4 Å². The quantitative estimate of drug-likeness (QED) is 0.516. The lowest BCUT2D eigenvalue weighted by atomic mass is 9.48. The number of hydrogen-bond donors (Lipinski definition) is 1. The largest absolute Gasteiger partial charge is 0.349 e. The van der Waals surface area contributed by atoms with Gasteiger partial charge >= 0.3 is 0 Å². The van der Waals surface area contributed by atoms with Gasteiger partial charge in [-0.2, -0.15) is 4.31 Å². The summed E-state index contributed by atoms with van der Waals surface area (Å²) in [5, 5.41) is 3.01. The Kier molecular flexibility index (Phi) is 6.47. The van der Waals surface area contributed by atoms with Crippen molar-refractivity contribution in [3.05, 3.63) is 64.4 Å². The monoisotopic (exact) mass is 518 g/mol. The minimum Gasteiger partial charge on any atom is -0.349 e. The molecule has 0 aliphatic heterocycles. The van der Waals surface area contributed by atoms with Gasteiger partial charge < -0.3 is 5.32 Å². The zero-order valence-corrected chi connectivity index (χ0v) is 21.7. The predicted octanol–water partition coefficient (Wildman–Crippen LogP) is 5.63. The molecule has 4 aliphatic carbocycles. The first kappa shape index (κ1) is 24.7. The summed E-state index contributed by atoms with van der Waals surface area (Å²) >= 11 is 6.25. The second-order valence-corrected chi connectivity index (χ2v) is 13.4. The van der Waals surface area contributed by atoms with Gasteiger partial charge in [0, 0.05) is 19.6 Å². The van der Waals surface area contributed by atoms with Crippen LogP contribution in [-0.4, -0.2) is 31.7 Å². The Bertz CT molecular complexity index is 1200. The van der Waals surface area contributed by atoms with Gasteiger partial charge in [-0.05, 0) is 86.3 Å². The lowest BCUT2D eigenvalue weighted by molar-refractivity contribution is -0.0688. The first-order chi connectivity index (χ1) is 16.6. The Labute approximate surface area is 212 Å². The van der Waals surface area contributed by atoms with Crippen molar-refractivity contribution >= 4 is 27.5 Å². The summed E-state index contributed by atoms with van der Waals surface area (Å²) in [4.78, 5) is 12.7. The Morgan fingerprint density at radius 3 is 2.26 bits per heavy atom. The van der Waals surface area contributed by atoms with Gasteiger partial charge in [0.1, 0.15) is 10.7 Å². The van der Waals surface area contributed by atoms with Crippen LogP contribution in [0.2, 0.25) is 5.02 Å². The lowest BCUT2D eigenvalue weighted by Crippen LogP contribution is -2.55. The molecule has 4 saturated carbocycles. The fourth-order valence-corrected chi connectivity index (χ4v) is 8.59. The van der Waals surface area contributed by atoms with E-state index >= 15 is 0 Å². The first-order valence-corrected chi connectivity index (χ1v) is 14.2. The molecule has 8 heteroatoms. The Hall–Kier alpha value is -1.96. The molecular weight excluding hydrogens is 487 g/mol. The molecular formula is C27H32ClFN2O3S. The highest BCUT2D eigenvalue weighted by atomic mass is 35.5. The van der Waals surface area contributed by atoms with Crippen LogP contribution in [0.3, 0.4) is 0 Å². The summed E-state index contributed by atoms with van der Waals surface area (Å²) in [6.45, 7) is 2.13. The average Bonchev–Trinajstić information content (AvgIpc) is 2.78. The van der Waals surface area contributed by atoms with Crippen LogP contribution >= 0.6 is 11.6 Å². The zero-order chi connectivity index (χ0) is 25.0. The zero-order valence-electron chi connectivity index (χ0n) is 20.1. The van der Waals surface area contributed by atoms with E-state index in [-0.39, 0.29) is 28.6 Å². The van der Waals surface area contributed by atoms with Crippen molar-refractivity contribution in [1.82, 2.24) is 9.62 Å². The number of nitrogens with zero attached hydrogens (tertiary/aromatic N) is 1. The minimum atomic E-state index is -4.19. The fraction of sp³-hybridized carbons (Fsp3) is 0.519. The molecule has 1 unspecified atom stereocenters. The number of halogens is 2. The molecule has 0 heterocycles. The summed E-state index contributed by atoms with van der Waals surface area (Å²) in [7, 11) is -2.79. The van der Waals surface area contributed by atoms with E-state index in [9.17, 15) is 17.6 Å². The number of amides is 1. The van der Waals surface area contributed by atoms with Crippen molar-refractivity contribution < 1.29 is 17.6 Å². The van der Waals surface area contributed by atoms with E-state index in [0.717, 1.165) is 59.0 Å². The van der Waals surface area contributed by atoms with Crippen LogP contribution in [0.4, 0.5) is 4.39 Å². The first-order valence-electron chi connectivity index (χ1n) is 12.4. The number of hydrogen-bond acceptors (Lipinski definition) is 3. The Balaban J connectivity index is 1.37. The molecule has 6 rings (SSSR count). The van der Waals surface area contributed by atoms with Gasteiger partial charge in [0.25, 0.3) is 5.91 Å². The molecule has 2 aromatic rings. The lowest BCUT2D eigenvalue weighted by Gasteiger charge is -2.59. The second kappa shape index (κ2) is 9.16. The normalized spacial score (nSPS) is 28.3. The molecule has 4 bridgehead atoms. The maximum Gasteiger partial charge on any atom is 0.253 e. The molecule has 35 heavy (non-hydrogen) atoms. The smallest absolute Gasteiger partial charge is 0.253 e. The molecule has 5 nitrogen and oxygen atoms in total. The highest BCUT2D eigenvalue weighted by Crippen LogP contribution is 2.61. The van der Waals surface area contributed by atoms with E-state index < -0.39 is 26.6 Å². The molecule has 4 aliphatic rings. The number of sulfonamides is 1. The molecule has 1 N–H and O–H groups in total. The van der Waals surface area contributed by atoms with Crippen LogP contribution < -0.4 is 5.32 Å². The van der Waals surface area contributed by atoms with Gasteiger partial charge in [0.15, 0.2) is 0 Å². The Morgan fingerprint density at radius 1 is 1.11 bits per heavy atom. The summed E-state index contributed by atoms with van der Waals surface area (Å²) in [6, 6.07) is 11.0. The minimum absolute atomic E-state index is 0.0173. The van der Waals surface area contributed by atoms with E-state index in [4.69, 9.17) is 11.6 Å². The predicted molar refractivity (Wildman–Crippen MR) is 134 cm³/mol. The van der Waals surface area contributed by atoms with Gasteiger partial charge in [0.05, 0.1) is 10.6 Å². The van der Waals surface area contributed by atoms with Crippen molar-refractivity contribution in [1.29, 1.82) is 0 Å². The number of carbonyl (C=O) groups excluding carboxylic acids is 1. The van der Waals surface area contributed by atoms with Crippen molar-refractivity contribution in [3.8, 4) is 0 Å². The third kappa shape index (κ3) is 4.63. The van der Waals surface area contributed by atoms with Gasteiger partial charge in [-0.15, -0.1) is 0 Å². The third-order valence-electron chi connectivity index (χ3n) is 8.55. The summed E-state index contributed by atoms with van der Waals surface area (Å²) < 4.78 is 42.3. The van der Waals surface area contributed by atoms with Gasteiger partial charge in [-0.25, -0.2) is 12.8 Å². The van der Waals surface area contributed by atoms with Crippen LogP contribution in [-0.2, 0) is 16.6 Å². The highest BCUT2D eigenvalue weighted by Gasteiger charge is 2.53. The average molecular weight is 519 g/mol. The molecule has 4 fully saturated rings. The van der Waals surface area contributed by atoms with E-state index in [1.54, 1.807) is 12.1 Å². The van der Waals surface area contributed by atoms with Crippen molar-refractivity contribution in [2.75, 3.05) is 7.05 Å². The molecule has 0 spiro atoms. The molecule has 1 atom stereocenters. The van der Waals surface area contributed by atoms with E-state index in [0.29, 0.717) is 0 Å². The van der Waals surface area contributed by atoms with E-state index in [1.807, 2.05) is 25.1 Å². The highest BCUT2D eigenvalue weighted by molar-refractivity contribution is 7.89. The number of rotatable bonds is 7. The van der Waals surface area contributed by atoms with Crippen LogP contribution in [0, 0.1) is 29.0 Å². The van der Waals surface area contributed by atoms with Gasteiger partial charge in [-0.3, -0.25) is 4.79 Å². The molecule has 0 saturated heterocycles. The SMILES string of the molecule is CC(NC(=O)c1cc(S(=O)(=O)N(C)Cc2ccccc2)c(F)cc1Cl)C12CC3CC(CC(C3)C1)C2. The maximum atomic E-state index is 14.8. The maximum absolute atomic E-state index is 14.8. The van der Waals surface area contributed by atoms with Crippen LogP contribution in [0.5, 0.6) is 0 Å².